The lowest BCUT2D eigenvalue weighted by atomic mass is 9.64. The lowest BCUT2D eigenvalue weighted by Gasteiger charge is -2.42. The Balaban J connectivity index is 1.64. The second-order valence-electron chi connectivity index (χ2n) is 17.6. The molecule has 0 heterocycles. The van der Waals surface area contributed by atoms with E-state index in [0.29, 0.717) is 235 Å². The minimum absolute atomic E-state index is 0.0217. The highest BCUT2D eigenvalue weighted by Crippen LogP contribution is 2.45. The molecule has 0 spiro atoms. The van der Waals surface area contributed by atoms with Crippen molar-refractivity contribution in [3.63, 3.8) is 0 Å². The van der Waals surface area contributed by atoms with Gasteiger partial charge in [0.1, 0.15) is 0 Å². The van der Waals surface area contributed by atoms with Gasteiger partial charge < -0.3 is 85.6 Å². The summed E-state index contributed by atoms with van der Waals surface area (Å²) in [7, 11) is 0. The topological polar surface area (TPSA) is 177 Å². The first kappa shape index (κ1) is 63.3. The molecule has 1 saturated carbocycles. The van der Waals surface area contributed by atoms with Crippen LogP contribution in [0.15, 0.2) is 0 Å². The minimum atomic E-state index is 0.0217. The molecule has 0 atom stereocenters. The van der Waals surface area contributed by atoms with Crippen LogP contribution in [0.5, 0.6) is 0 Å². The highest BCUT2D eigenvalue weighted by molar-refractivity contribution is 4.86. The Kier molecular flexibility index (Phi) is 46.0. The smallest absolute Gasteiger partial charge is 0.0704 e. The monoisotopic (exact) mass is 961 g/mol. The van der Waals surface area contributed by atoms with Gasteiger partial charge in [-0.1, -0.05) is 34.6 Å². The molecular formula is C48H96O18. The Hall–Kier alpha value is -0.720. The van der Waals surface area contributed by atoms with Crippen molar-refractivity contribution in [1.82, 2.24) is 0 Å². The van der Waals surface area contributed by atoms with Crippen molar-refractivity contribution in [1.29, 1.82) is 0 Å². The molecule has 0 amide bonds. The van der Waals surface area contributed by atoms with E-state index in [1.54, 1.807) is 0 Å². The molecule has 0 aliphatic heterocycles. The van der Waals surface area contributed by atoms with E-state index in [4.69, 9.17) is 85.6 Å². The first-order valence-corrected chi connectivity index (χ1v) is 24.7. The van der Waals surface area contributed by atoms with Gasteiger partial charge in [0.15, 0.2) is 0 Å². The summed E-state index contributed by atoms with van der Waals surface area (Å²) in [5, 5.41) is 8.60. The Morgan fingerprint density at radius 1 is 0.288 bits per heavy atom. The average molecular weight is 961 g/mol. The van der Waals surface area contributed by atoms with E-state index in [1.807, 2.05) is 0 Å². The van der Waals surface area contributed by atoms with Crippen molar-refractivity contribution < 1.29 is 85.6 Å². The predicted octanol–water partition coefficient (Wildman–Crippen LogP) is 4.28. The zero-order valence-corrected chi connectivity index (χ0v) is 42.1. The van der Waals surface area contributed by atoms with E-state index in [9.17, 15) is 0 Å². The number of rotatable bonds is 53. The van der Waals surface area contributed by atoms with Crippen LogP contribution in [0.4, 0.5) is 0 Å². The minimum Gasteiger partial charge on any atom is -0.394 e. The molecule has 0 aromatic carbocycles. The summed E-state index contributed by atoms with van der Waals surface area (Å²) in [5.74, 6) is 0.788. The van der Waals surface area contributed by atoms with Gasteiger partial charge in [0.25, 0.3) is 0 Å². The first-order chi connectivity index (χ1) is 32.2. The van der Waals surface area contributed by atoms with Gasteiger partial charge in [0, 0.05) is 0 Å². The van der Waals surface area contributed by atoms with Crippen LogP contribution >= 0.6 is 0 Å². The van der Waals surface area contributed by atoms with Gasteiger partial charge >= 0.3 is 0 Å². The van der Waals surface area contributed by atoms with Crippen LogP contribution in [0.2, 0.25) is 0 Å². The fraction of sp³-hybridized carbons (Fsp3) is 1.00. The highest BCUT2D eigenvalue weighted by Gasteiger charge is 2.36. The zero-order chi connectivity index (χ0) is 47.8. The SMILES string of the molecule is CC(C)(C)CC(C)(C)C1CCC(OCCOCCOCCOCCOCCOCCOCCOCCOCCOCCOCCOCCOCCOCCOCCOCCOCCO)CC1. The summed E-state index contributed by atoms with van der Waals surface area (Å²) in [4.78, 5) is 0. The summed E-state index contributed by atoms with van der Waals surface area (Å²) in [6, 6.07) is 0. The quantitative estimate of drug-likeness (QED) is 0.0854. The van der Waals surface area contributed by atoms with Crippen molar-refractivity contribution in [3.05, 3.63) is 0 Å². The summed E-state index contributed by atoms with van der Waals surface area (Å²) in [5.41, 5.74) is 0.758. The number of hydrogen-bond acceptors (Lipinski definition) is 18. The molecule has 1 fully saturated rings. The molecule has 0 unspecified atom stereocenters. The van der Waals surface area contributed by atoms with Gasteiger partial charge in [0.05, 0.1) is 231 Å². The molecule has 1 rings (SSSR count). The summed E-state index contributed by atoms with van der Waals surface area (Å²) < 4.78 is 93.9. The van der Waals surface area contributed by atoms with E-state index in [2.05, 4.69) is 34.6 Å². The van der Waals surface area contributed by atoms with Crippen LogP contribution < -0.4 is 0 Å². The van der Waals surface area contributed by atoms with Gasteiger partial charge in [-0.25, -0.2) is 0 Å². The summed E-state index contributed by atoms with van der Waals surface area (Å²) >= 11 is 0. The van der Waals surface area contributed by atoms with Crippen molar-refractivity contribution in [2.24, 2.45) is 16.7 Å². The highest BCUT2D eigenvalue weighted by atomic mass is 16.6. The van der Waals surface area contributed by atoms with Crippen LogP contribution in [-0.4, -0.2) is 236 Å². The molecule has 0 bridgehead atoms. The third-order valence-corrected chi connectivity index (χ3v) is 10.2. The normalized spacial score (nSPS) is 15.9. The molecule has 66 heavy (non-hydrogen) atoms. The van der Waals surface area contributed by atoms with Crippen LogP contribution in [0.1, 0.15) is 66.7 Å². The molecular weight excluding hydrogens is 865 g/mol. The maximum atomic E-state index is 8.60. The van der Waals surface area contributed by atoms with Gasteiger partial charge in [-0.05, 0) is 48.9 Å². The Labute approximate surface area is 399 Å². The number of hydrogen-bond donors (Lipinski definition) is 1. The van der Waals surface area contributed by atoms with Gasteiger partial charge in [0.2, 0.25) is 0 Å². The molecule has 396 valence electrons. The van der Waals surface area contributed by atoms with E-state index in [0.717, 1.165) is 18.8 Å². The number of ether oxygens (including phenoxy) is 17. The second-order valence-corrected chi connectivity index (χ2v) is 17.6. The van der Waals surface area contributed by atoms with E-state index >= 15 is 0 Å². The van der Waals surface area contributed by atoms with Crippen molar-refractivity contribution >= 4 is 0 Å². The molecule has 1 N–H and O–H groups in total. The molecule has 0 saturated heterocycles. The van der Waals surface area contributed by atoms with Crippen LogP contribution in [0.25, 0.3) is 0 Å². The average Bonchev–Trinajstić information content (AvgIpc) is 3.29. The standard InChI is InChI=1S/C48H96O18/c1-47(2,3)44-48(4,5)45-6-8-46(9-7-45)66-43-42-65-41-40-64-39-38-63-37-36-62-35-34-61-33-32-60-31-30-59-29-28-58-27-26-57-25-24-56-23-22-55-21-20-54-19-18-53-17-16-52-15-14-51-13-12-50-11-10-49/h45-46,49H,6-44H2,1-5H3. The predicted molar refractivity (Wildman–Crippen MR) is 250 cm³/mol. The van der Waals surface area contributed by atoms with Gasteiger partial charge in [-0.15, -0.1) is 0 Å². The molecule has 1 aliphatic carbocycles. The molecule has 0 radical (unpaired) electrons. The Morgan fingerprint density at radius 2 is 0.485 bits per heavy atom. The third-order valence-electron chi connectivity index (χ3n) is 10.2. The largest absolute Gasteiger partial charge is 0.394 e. The second kappa shape index (κ2) is 47.9. The van der Waals surface area contributed by atoms with Crippen LogP contribution in [0, 0.1) is 16.7 Å². The number of aliphatic hydroxyl groups is 1. The summed E-state index contributed by atoms with van der Waals surface area (Å²) in [6.45, 7) is 28.7. The van der Waals surface area contributed by atoms with Crippen molar-refractivity contribution in [3.8, 4) is 0 Å². The molecule has 18 heteroatoms. The van der Waals surface area contributed by atoms with E-state index in [1.165, 1.54) is 19.3 Å². The van der Waals surface area contributed by atoms with Gasteiger partial charge in [-0.3, -0.25) is 0 Å². The lowest BCUT2D eigenvalue weighted by Crippen LogP contribution is -2.34. The van der Waals surface area contributed by atoms with Crippen molar-refractivity contribution in [2.75, 3.05) is 225 Å². The molecule has 0 aromatic heterocycles. The summed E-state index contributed by atoms with van der Waals surface area (Å²) in [6.07, 6.45) is 6.47. The lowest BCUT2D eigenvalue weighted by molar-refractivity contribution is -0.0415. The molecule has 0 aromatic rings. The van der Waals surface area contributed by atoms with Crippen LogP contribution in [-0.2, 0) is 80.5 Å². The maximum absolute atomic E-state index is 8.60. The third kappa shape index (κ3) is 45.7. The van der Waals surface area contributed by atoms with Crippen molar-refractivity contribution in [2.45, 2.75) is 72.8 Å². The fourth-order valence-electron chi connectivity index (χ4n) is 7.26. The number of aliphatic hydroxyl groups excluding tert-OH is 1. The first-order valence-electron chi connectivity index (χ1n) is 24.7. The van der Waals surface area contributed by atoms with Gasteiger partial charge in [-0.2, -0.15) is 0 Å². The Bertz CT molecular complexity index is 953. The molecule has 1 aliphatic rings. The zero-order valence-electron chi connectivity index (χ0n) is 42.1. The van der Waals surface area contributed by atoms with E-state index < -0.39 is 0 Å². The van der Waals surface area contributed by atoms with E-state index in [-0.39, 0.29) is 6.61 Å². The fourth-order valence-corrected chi connectivity index (χ4v) is 7.26. The Morgan fingerprint density at radius 3 is 0.682 bits per heavy atom. The molecule has 18 nitrogen and oxygen atoms in total. The van der Waals surface area contributed by atoms with Crippen LogP contribution in [0.3, 0.4) is 0 Å². The maximum Gasteiger partial charge on any atom is 0.0704 e.